The number of methoxy groups -OCH3 is 1. The third kappa shape index (κ3) is 6.11. The summed E-state index contributed by atoms with van der Waals surface area (Å²) in [6.07, 6.45) is 0.883. The highest BCUT2D eigenvalue weighted by Gasteiger charge is 1.99. The van der Waals surface area contributed by atoms with Crippen LogP contribution in [0.25, 0.3) is 0 Å². The second-order valence-corrected chi connectivity index (χ2v) is 5.26. The van der Waals surface area contributed by atoms with E-state index in [1.165, 1.54) is 5.56 Å². The van der Waals surface area contributed by atoms with Crippen molar-refractivity contribution in [3.63, 3.8) is 0 Å². The van der Waals surface area contributed by atoms with Crippen molar-refractivity contribution < 1.29 is 9.47 Å². The van der Waals surface area contributed by atoms with Crippen molar-refractivity contribution in [2.75, 3.05) is 20.3 Å². The van der Waals surface area contributed by atoms with Crippen LogP contribution in [0.2, 0.25) is 0 Å². The first-order valence-electron chi connectivity index (χ1n) is 7.72. The number of nitrogens with one attached hydrogen (secondary N) is 1. The molecule has 0 radical (unpaired) electrons. The smallest absolute Gasteiger partial charge is 0.119 e. The number of rotatable bonds is 9. The normalized spacial score (nSPS) is 10.3. The minimum absolute atomic E-state index is 0.658. The van der Waals surface area contributed by atoms with E-state index in [0.29, 0.717) is 18.8 Å². The zero-order valence-electron chi connectivity index (χ0n) is 13.4. The zero-order valence-corrected chi connectivity index (χ0v) is 13.4. The molecular weight excluding hydrogens is 288 g/mol. The zero-order chi connectivity index (χ0) is 16.3. The van der Waals surface area contributed by atoms with E-state index >= 15 is 0 Å². The fourth-order valence-electron chi connectivity index (χ4n) is 2.24. The Labute approximate surface area is 137 Å². The van der Waals surface area contributed by atoms with Gasteiger partial charge in [-0.3, -0.25) is 0 Å². The first-order chi connectivity index (χ1) is 11.3. The second kappa shape index (κ2) is 9.62. The summed E-state index contributed by atoms with van der Waals surface area (Å²) < 4.78 is 10.7. The Bertz CT molecular complexity index is 650. The van der Waals surface area contributed by atoms with Gasteiger partial charge in [0.1, 0.15) is 5.75 Å². The highest BCUT2D eigenvalue weighted by molar-refractivity contribution is 5.33. The SMILES string of the molecule is COCCCOc1cccc(CNCc2cccc(C#N)c2)c1. The molecular formula is C19H22N2O2. The Hall–Kier alpha value is -2.35. The third-order valence-corrected chi connectivity index (χ3v) is 3.37. The second-order valence-electron chi connectivity index (χ2n) is 5.26. The molecule has 0 saturated heterocycles. The number of benzene rings is 2. The van der Waals surface area contributed by atoms with Crippen LogP contribution in [0.5, 0.6) is 5.75 Å². The van der Waals surface area contributed by atoms with Gasteiger partial charge in [-0.2, -0.15) is 5.26 Å². The van der Waals surface area contributed by atoms with Gasteiger partial charge in [-0.05, 0) is 35.4 Å². The molecule has 0 aromatic heterocycles. The molecule has 1 N–H and O–H groups in total. The lowest BCUT2D eigenvalue weighted by Crippen LogP contribution is -2.12. The first kappa shape index (κ1) is 17.0. The van der Waals surface area contributed by atoms with E-state index in [1.807, 2.05) is 42.5 Å². The molecule has 120 valence electrons. The van der Waals surface area contributed by atoms with E-state index in [0.717, 1.165) is 30.8 Å². The van der Waals surface area contributed by atoms with Crippen LogP contribution in [-0.4, -0.2) is 20.3 Å². The Balaban J connectivity index is 1.80. The Morgan fingerprint density at radius 2 is 1.74 bits per heavy atom. The Kier molecular flexibility index (Phi) is 7.12. The van der Waals surface area contributed by atoms with Crippen LogP contribution in [0.4, 0.5) is 0 Å². The van der Waals surface area contributed by atoms with Gasteiger partial charge in [-0.25, -0.2) is 0 Å². The summed E-state index contributed by atoms with van der Waals surface area (Å²) in [7, 11) is 1.69. The molecule has 2 aromatic rings. The van der Waals surface area contributed by atoms with Gasteiger partial charge in [0.2, 0.25) is 0 Å². The monoisotopic (exact) mass is 310 g/mol. The van der Waals surface area contributed by atoms with E-state index < -0.39 is 0 Å². The molecule has 0 amide bonds. The Morgan fingerprint density at radius 3 is 2.48 bits per heavy atom. The van der Waals surface area contributed by atoms with Gasteiger partial charge in [0.05, 0.1) is 18.2 Å². The van der Waals surface area contributed by atoms with Crippen molar-refractivity contribution in [3.8, 4) is 11.8 Å². The van der Waals surface area contributed by atoms with Crippen molar-refractivity contribution in [1.82, 2.24) is 5.32 Å². The number of hydrogen-bond donors (Lipinski definition) is 1. The van der Waals surface area contributed by atoms with E-state index in [2.05, 4.69) is 17.5 Å². The third-order valence-electron chi connectivity index (χ3n) is 3.37. The molecule has 0 saturated carbocycles. The number of nitriles is 1. The Morgan fingerprint density at radius 1 is 1.00 bits per heavy atom. The molecule has 0 atom stereocenters. The first-order valence-corrected chi connectivity index (χ1v) is 7.72. The molecule has 4 nitrogen and oxygen atoms in total. The molecule has 0 aliphatic carbocycles. The average molecular weight is 310 g/mol. The number of ether oxygens (including phenoxy) is 2. The highest BCUT2D eigenvalue weighted by atomic mass is 16.5. The summed E-state index contributed by atoms with van der Waals surface area (Å²) in [5.41, 5.74) is 2.97. The average Bonchev–Trinajstić information content (AvgIpc) is 2.59. The highest BCUT2D eigenvalue weighted by Crippen LogP contribution is 2.14. The predicted molar refractivity (Wildman–Crippen MR) is 90.1 cm³/mol. The molecule has 2 aromatic carbocycles. The van der Waals surface area contributed by atoms with Crippen LogP contribution in [0, 0.1) is 11.3 Å². The number of nitrogens with zero attached hydrogens (tertiary/aromatic N) is 1. The van der Waals surface area contributed by atoms with Crippen LogP contribution in [-0.2, 0) is 17.8 Å². The van der Waals surface area contributed by atoms with Crippen LogP contribution < -0.4 is 10.1 Å². The van der Waals surface area contributed by atoms with E-state index in [-0.39, 0.29) is 0 Å². The van der Waals surface area contributed by atoms with Gasteiger partial charge < -0.3 is 14.8 Å². The van der Waals surface area contributed by atoms with Crippen molar-refractivity contribution in [1.29, 1.82) is 5.26 Å². The fraction of sp³-hybridized carbons (Fsp3) is 0.316. The lowest BCUT2D eigenvalue weighted by molar-refractivity contribution is 0.172. The minimum Gasteiger partial charge on any atom is -0.493 e. The quantitative estimate of drug-likeness (QED) is 0.722. The summed E-state index contributed by atoms with van der Waals surface area (Å²) in [6.45, 7) is 2.86. The molecule has 23 heavy (non-hydrogen) atoms. The standard InChI is InChI=1S/C19H22N2O2/c1-22-9-4-10-23-19-8-3-7-18(12-19)15-21-14-17-6-2-5-16(11-17)13-20/h2-3,5-8,11-12,21H,4,9-10,14-15H2,1H3. The summed E-state index contributed by atoms with van der Waals surface area (Å²) in [4.78, 5) is 0. The van der Waals surface area contributed by atoms with Crippen molar-refractivity contribution in [2.45, 2.75) is 19.5 Å². The predicted octanol–water partition coefficient (Wildman–Crippen LogP) is 3.26. The molecule has 0 aliphatic heterocycles. The van der Waals surface area contributed by atoms with E-state index in [1.54, 1.807) is 7.11 Å². The summed E-state index contributed by atoms with van der Waals surface area (Å²) in [6, 6.07) is 17.9. The summed E-state index contributed by atoms with van der Waals surface area (Å²) in [5.74, 6) is 0.881. The minimum atomic E-state index is 0.658. The lowest BCUT2D eigenvalue weighted by Gasteiger charge is -2.09. The van der Waals surface area contributed by atoms with Crippen molar-refractivity contribution in [3.05, 3.63) is 65.2 Å². The van der Waals surface area contributed by atoms with Gasteiger partial charge in [0.15, 0.2) is 0 Å². The molecule has 4 heteroatoms. The number of hydrogen-bond acceptors (Lipinski definition) is 4. The lowest BCUT2D eigenvalue weighted by atomic mass is 10.1. The van der Waals surface area contributed by atoms with Gasteiger partial charge in [0, 0.05) is 33.2 Å². The van der Waals surface area contributed by atoms with E-state index in [9.17, 15) is 0 Å². The van der Waals surface area contributed by atoms with Gasteiger partial charge in [-0.1, -0.05) is 24.3 Å². The topological polar surface area (TPSA) is 54.3 Å². The molecule has 0 fully saturated rings. The van der Waals surface area contributed by atoms with Crippen molar-refractivity contribution >= 4 is 0 Å². The van der Waals surface area contributed by atoms with Crippen LogP contribution in [0.1, 0.15) is 23.1 Å². The molecule has 0 aliphatic rings. The van der Waals surface area contributed by atoms with Crippen LogP contribution in [0.15, 0.2) is 48.5 Å². The van der Waals surface area contributed by atoms with Gasteiger partial charge in [-0.15, -0.1) is 0 Å². The fourth-order valence-corrected chi connectivity index (χ4v) is 2.24. The summed E-state index contributed by atoms with van der Waals surface area (Å²) in [5, 5.41) is 12.3. The molecule has 0 unspecified atom stereocenters. The van der Waals surface area contributed by atoms with Gasteiger partial charge in [0.25, 0.3) is 0 Å². The van der Waals surface area contributed by atoms with Crippen molar-refractivity contribution in [2.24, 2.45) is 0 Å². The largest absolute Gasteiger partial charge is 0.493 e. The maximum atomic E-state index is 8.91. The van der Waals surface area contributed by atoms with Gasteiger partial charge >= 0.3 is 0 Å². The maximum Gasteiger partial charge on any atom is 0.119 e. The molecule has 0 bridgehead atoms. The molecule has 2 rings (SSSR count). The van der Waals surface area contributed by atoms with Crippen LogP contribution in [0.3, 0.4) is 0 Å². The van der Waals surface area contributed by atoms with E-state index in [4.69, 9.17) is 14.7 Å². The maximum absolute atomic E-state index is 8.91. The summed E-state index contributed by atoms with van der Waals surface area (Å²) >= 11 is 0. The van der Waals surface area contributed by atoms with Crippen LogP contribution >= 0.6 is 0 Å². The molecule has 0 heterocycles. The molecule has 0 spiro atoms.